The Bertz CT molecular complexity index is 898. The maximum Gasteiger partial charge on any atom is 0.350 e. The largest absolute Gasteiger partial charge is 0.478 e. The fourth-order valence-electron chi connectivity index (χ4n) is 2.12. The topological polar surface area (TPSA) is 76.6 Å². The van der Waals surface area contributed by atoms with E-state index in [2.05, 4.69) is 5.10 Å². The highest BCUT2D eigenvalue weighted by Crippen LogP contribution is 2.12. The van der Waals surface area contributed by atoms with Crippen molar-refractivity contribution in [3.05, 3.63) is 70.0 Å². The summed E-state index contributed by atoms with van der Waals surface area (Å²) in [5, 5.41) is 13.2. The molecule has 0 radical (unpaired) electrons. The van der Waals surface area contributed by atoms with Gasteiger partial charge in [-0.05, 0) is 29.8 Å². The number of hydrogen-bond donors (Lipinski definition) is 1. The zero-order valence-electron chi connectivity index (χ0n) is 10.7. The van der Waals surface area contributed by atoms with E-state index in [1.165, 1.54) is 10.5 Å². The first-order valence-corrected chi connectivity index (χ1v) is 6.12. The molecule has 1 aromatic carbocycles. The van der Waals surface area contributed by atoms with E-state index in [9.17, 15) is 14.0 Å². The van der Waals surface area contributed by atoms with Crippen molar-refractivity contribution in [1.29, 1.82) is 0 Å². The molecule has 0 atom stereocenters. The van der Waals surface area contributed by atoms with Gasteiger partial charge < -0.3 is 5.11 Å². The molecule has 3 rings (SSSR count). The van der Waals surface area contributed by atoms with Crippen LogP contribution in [0, 0.1) is 5.82 Å². The Morgan fingerprint density at radius 2 is 2.10 bits per heavy atom. The summed E-state index contributed by atoms with van der Waals surface area (Å²) in [6.07, 6.45) is 1.57. The second kappa shape index (κ2) is 4.86. The lowest BCUT2D eigenvalue weighted by Crippen LogP contribution is -2.22. The number of fused-ring (bicyclic) bond motifs is 1. The fraction of sp³-hybridized carbons (Fsp3) is 0.0714. The molecule has 2 heterocycles. The van der Waals surface area contributed by atoms with Crippen LogP contribution in [0.25, 0.3) is 5.65 Å². The molecule has 0 spiro atoms. The van der Waals surface area contributed by atoms with Gasteiger partial charge in [-0.1, -0.05) is 12.1 Å². The number of halogens is 1. The van der Waals surface area contributed by atoms with Crippen LogP contribution in [0.2, 0.25) is 0 Å². The molecule has 0 aliphatic carbocycles. The molecule has 7 heteroatoms. The molecular formula is C14H10FN3O3. The van der Waals surface area contributed by atoms with E-state index in [1.54, 1.807) is 24.4 Å². The van der Waals surface area contributed by atoms with Gasteiger partial charge in [-0.15, -0.1) is 5.10 Å². The van der Waals surface area contributed by atoms with Gasteiger partial charge in [-0.25, -0.2) is 18.7 Å². The predicted octanol–water partition coefficient (Wildman–Crippen LogP) is 1.38. The highest BCUT2D eigenvalue weighted by molar-refractivity contribution is 5.89. The third-order valence-electron chi connectivity index (χ3n) is 3.11. The third kappa shape index (κ3) is 2.29. The number of benzene rings is 1. The minimum absolute atomic E-state index is 0.0393. The lowest BCUT2D eigenvalue weighted by molar-refractivity contribution is 0.0695. The van der Waals surface area contributed by atoms with Crippen molar-refractivity contribution in [1.82, 2.24) is 14.2 Å². The molecule has 21 heavy (non-hydrogen) atoms. The first-order valence-electron chi connectivity index (χ1n) is 6.12. The van der Waals surface area contributed by atoms with E-state index in [0.717, 1.165) is 16.8 Å². The number of rotatable bonds is 3. The van der Waals surface area contributed by atoms with E-state index < -0.39 is 11.8 Å². The fourth-order valence-corrected chi connectivity index (χ4v) is 2.12. The lowest BCUT2D eigenvalue weighted by atomic mass is 10.1. The van der Waals surface area contributed by atoms with E-state index in [0.29, 0.717) is 11.2 Å². The molecule has 3 aromatic rings. The standard InChI is InChI=1S/C14H10FN3O3/c15-10-5-4-9(11(7-10)13(19)20)8-18-14(21)17-6-2-1-3-12(17)16-18/h1-7H,8H2,(H,19,20). The summed E-state index contributed by atoms with van der Waals surface area (Å²) in [6.45, 7) is -0.0393. The van der Waals surface area contributed by atoms with Crippen molar-refractivity contribution in [3.8, 4) is 0 Å². The summed E-state index contributed by atoms with van der Waals surface area (Å²) < 4.78 is 15.6. The summed E-state index contributed by atoms with van der Waals surface area (Å²) in [5.41, 5.74) is 0.209. The van der Waals surface area contributed by atoms with Crippen LogP contribution in [0.15, 0.2) is 47.4 Å². The molecular weight excluding hydrogens is 277 g/mol. The summed E-state index contributed by atoms with van der Waals surface area (Å²) in [7, 11) is 0. The average molecular weight is 287 g/mol. The van der Waals surface area contributed by atoms with Crippen molar-refractivity contribution < 1.29 is 14.3 Å². The van der Waals surface area contributed by atoms with E-state index in [-0.39, 0.29) is 17.8 Å². The summed E-state index contributed by atoms with van der Waals surface area (Å²) in [5.74, 6) is -1.89. The maximum atomic E-state index is 13.1. The Morgan fingerprint density at radius 3 is 2.81 bits per heavy atom. The van der Waals surface area contributed by atoms with Crippen molar-refractivity contribution in [2.75, 3.05) is 0 Å². The molecule has 0 saturated heterocycles. The number of carboxylic acid groups (broad SMARTS) is 1. The summed E-state index contributed by atoms with van der Waals surface area (Å²) >= 11 is 0. The van der Waals surface area contributed by atoms with Gasteiger partial charge in [0.25, 0.3) is 0 Å². The Balaban J connectivity index is 2.09. The number of carbonyl (C=O) groups is 1. The lowest BCUT2D eigenvalue weighted by Gasteiger charge is -2.05. The van der Waals surface area contributed by atoms with E-state index in [4.69, 9.17) is 5.11 Å². The van der Waals surface area contributed by atoms with Gasteiger partial charge in [0.15, 0.2) is 5.65 Å². The van der Waals surface area contributed by atoms with Gasteiger partial charge in [-0.3, -0.25) is 4.40 Å². The van der Waals surface area contributed by atoms with Crippen molar-refractivity contribution in [3.63, 3.8) is 0 Å². The van der Waals surface area contributed by atoms with Gasteiger partial charge in [0.05, 0.1) is 12.1 Å². The number of aromatic nitrogens is 3. The predicted molar refractivity (Wildman–Crippen MR) is 71.9 cm³/mol. The number of carboxylic acids is 1. The van der Waals surface area contributed by atoms with Crippen molar-refractivity contribution >= 4 is 11.6 Å². The van der Waals surface area contributed by atoms with E-state index in [1.807, 2.05) is 0 Å². The summed E-state index contributed by atoms with van der Waals surface area (Å²) in [4.78, 5) is 23.3. The van der Waals surface area contributed by atoms with Crippen LogP contribution < -0.4 is 5.69 Å². The van der Waals surface area contributed by atoms with Crippen LogP contribution in [-0.2, 0) is 6.54 Å². The number of aromatic carboxylic acids is 1. The molecule has 0 aliphatic heterocycles. The van der Waals surface area contributed by atoms with Crippen molar-refractivity contribution in [2.24, 2.45) is 0 Å². The average Bonchev–Trinajstić information content (AvgIpc) is 2.78. The highest BCUT2D eigenvalue weighted by Gasteiger charge is 2.14. The minimum atomic E-state index is -1.25. The van der Waals surface area contributed by atoms with Crippen LogP contribution in [0.3, 0.4) is 0 Å². The minimum Gasteiger partial charge on any atom is -0.478 e. The molecule has 0 fully saturated rings. The summed E-state index contributed by atoms with van der Waals surface area (Å²) in [6, 6.07) is 8.53. The molecule has 0 bridgehead atoms. The van der Waals surface area contributed by atoms with Gasteiger partial charge in [-0.2, -0.15) is 0 Å². The molecule has 1 N–H and O–H groups in total. The Labute approximate surface area is 117 Å². The van der Waals surface area contributed by atoms with Crippen LogP contribution >= 0.6 is 0 Å². The molecule has 106 valence electrons. The highest BCUT2D eigenvalue weighted by atomic mass is 19.1. The van der Waals surface area contributed by atoms with Crippen LogP contribution in [0.4, 0.5) is 4.39 Å². The normalized spacial score (nSPS) is 10.9. The number of hydrogen-bond acceptors (Lipinski definition) is 3. The Kier molecular flexibility index (Phi) is 3.02. The smallest absolute Gasteiger partial charge is 0.350 e. The van der Waals surface area contributed by atoms with Gasteiger partial charge in [0, 0.05) is 6.20 Å². The number of nitrogens with zero attached hydrogens (tertiary/aromatic N) is 3. The SMILES string of the molecule is O=C(O)c1cc(F)ccc1Cn1nc2ccccn2c1=O. The Morgan fingerprint density at radius 1 is 1.29 bits per heavy atom. The van der Waals surface area contributed by atoms with Crippen LogP contribution in [0.1, 0.15) is 15.9 Å². The van der Waals surface area contributed by atoms with Crippen LogP contribution in [0.5, 0.6) is 0 Å². The first kappa shape index (κ1) is 13.0. The second-order valence-corrected chi connectivity index (χ2v) is 4.48. The molecule has 2 aromatic heterocycles. The maximum absolute atomic E-state index is 13.1. The quantitative estimate of drug-likeness (QED) is 0.789. The van der Waals surface area contributed by atoms with Gasteiger partial charge in [0.1, 0.15) is 5.82 Å². The molecule has 6 nitrogen and oxygen atoms in total. The molecule has 0 amide bonds. The van der Waals surface area contributed by atoms with Gasteiger partial charge >= 0.3 is 11.7 Å². The first-order chi connectivity index (χ1) is 10.1. The number of pyridine rings is 1. The van der Waals surface area contributed by atoms with E-state index >= 15 is 0 Å². The third-order valence-corrected chi connectivity index (χ3v) is 3.11. The van der Waals surface area contributed by atoms with Crippen LogP contribution in [-0.4, -0.2) is 25.3 Å². The van der Waals surface area contributed by atoms with Gasteiger partial charge in [0.2, 0.25) is 0 Å². The van der Waals surface area contributed by atoms with Crippen molar-refractivity contribution in [2.45, 2.75) is 6.54 Å². The second-order valence-electron chi connectivity index (χ2n) is 4.48. The monoisotopic (exact) mass is 287 g/mol. The molecule has 0 saturated carbocycles. The zero-order valence-corrected chi connectivity index (χ0v) is 10.7. The molecule has 0 unspecified atom stereocenters. The molecule has 0 aliphatic rings. The zero-order chi connectivity index (χ0) is 15.0. The Hall–Kier alpha value is -2.96.